The summed E-state index contributed by atoms with van der Waals surface area (Å²) in [4.78, 5) is 2.39. The van der Waals surface area contributed by atoms with Crippen LogP contribution in [0.3, 0.4) is 0 Å². The van der Waals surface area contributed by atoms with Crippen molar-refractivity contribution in [1.29, 1.82) is 0 Å². The molecular formula is C20H26F3NOS. The van der Waals surface area contributed by atoms with Crippen LogP contribution in [0.2, 0.25) is 0 Å². The lowest BCUT2D eigenvalue weighted by Gasteiger charge is -2.20. The van der Waals surface area contributed by atoms with Crippen LogP contribution in [-0.2, 0) is 6.18 Å². The van der Waals surface area contributed by atoms with E-state index < -0.39 is 11.7 Å². The van der Waals surface area contributed by atoms with Crippen molar-refractivity contribution in [2.24, 2.45) is 0 Å². The van der Waals surface area contributed by atoms with E-state index in [9.17, 15) is 13.2 Å². The first kappa shape index (κ1) is 20.8. The number of hydrogen-bond acceptors (Lipinski definition) is 3. The Hall–Kier alpha value is -1.53. The topological polar surface area (TPSA) is 21.3 Å². The van der Waals surface area contributed by atoms with Gasteiger partial charge in [0.25, 0.3) is 0 Å². The lowest BCUT2D eigenvalue weighted by atomic mass is 10.1. The fraction of sp³-hybridized carbons (Fsp3) is 0.500. The van der Waals surface area contributed by atoms with E-state index in [1.807, 2.05) is 0 Å². The number of ether oxygens (including phenoxy) is 1. The second-order valence-electron chi connectivity index (χ2n) is 6.39. The number of nitrogens with one attached hydrogen (secondary N) is 1. The number of unbranched alkanes of at least 4 members (excludes halogenated alkanes) is 1. The molecule has 0 amide bonds. The number of benzene rings is 1. The average molecular weight is 385 g/mol. The van der Waals surface area contributed by atoms with Crippen molar-refractivity contribution in [1.82, 2.24) is 5.32 Å². The van der Waals surface area contributed by atoms with Crippen molar-refractivity contribution in [3.63, 3.8) is 0 Å². The predicted octanol–water partition coefficient (Wildman–Crippen LogP) is 6.28. The highest BCUT2D eigenvalue weighted by Crippen LogP contribution is 2.34. The van der Waals surface area contributed by atoms with E-state index in [0.717, 1.165) is 50.0 Å². The van der Waals surface area contributed by atoms with Gasteiger partial charge in [0.15, 0.2) is 0 Å². The van der Waals surface area contributed by atoms with Crippen LogP contribution in [0.1, 0.15) is 53.2 Å². The summed E-state index contributed by atoms with van der Waals surface area (Å²) in [5, 5.41) is 3.40. The highest BCUT2D eigenvalue weighted by molar-refractivity contribution is 7.12. The van der Waals surface area contributed by atoms with Crippen molar-refractivity contribution >= 4 is 11.3 Å². The van der Waals surface area contributed by atoms with Crippen LogP contribution in [0.15, 0.2) is 30.3 Å². The lowest BCUT2D eigenvalue weighted by Crippen LogP contribution is -2.21. The fourth-order valence-electron chi connectivity index (χ4n) is 2.79. The predicted molar refractivity (Wildman–Crippen MR) is 101 cm³/mol. The lowest BCUT2D eigenvalue weighted by molar-refractivity contribution is -0.137. The Bertz CT molecular complexity index is 679. The minimum Gasteiger partial charge on any atom is -0.486 e. The summed E-state index contributed by atoms with van der Waals surface area (Å²) in [5.74, 6) is 0.458. The summed E-state index contributed by atoms with van der Waals surface area (Å²) >= 11 is 1.71. The molecule has 0 bridgehead atoms. The Labute approximate surface area is 157 Å². The molecule has 1 aromatic heterocycles. The zero-order chi connectivity index (χ0) is 19.2. The number of rotatable bonds is 9. The normalized spacial score (nSPS) is 13.0. The molecule has 0 spiro atoms. The monoisotopic (exact) mass is 385 g/mol. The molecule has 0 saturated heterocycles. The largest absolute Gasteiger partial charge is 0.486 e. The number of halogens is 3. The minimum absolute atomic E-state index is 0.175. The number of thiophene rings is 1. The van der Waals surface area contributed by atoms with Crippen LogP contribution in [-0.4, -0.2) is 13.1 Å². The van der Waals surface area contributed by atoms with Gasteiger partial charge in [-0.25, -0.2) is 0 Å². The Kier molecular flexibility index (Phi) is 7.53. The zero-order valence-corrected chi connectivity index (χ0v) is 16.3. The molecule has 0 saturated carbocycles. The zero-order valence-electron chi connectivity index (χ0n) is 15.5. The third kappa shape index (κ3) is 6.02. The van der Waals surface area contributed by atoms with Gasteiger partial charge in [-0.2, -0.15) is 13.2 Å². The van der Waals surface area contributed by atoms with Crippen LogP contribution in [0, 0.1) is 13.8 Å². The summed E-state index contributed by atoms with van der Waals surface area (Å²) < 4.78 is 44.2. The van der Waals surface area contributed by atoms with Crippen molar-refractivity contribution in [3.05, 3.63) is 51.2 Å². The van der Waals surface area contributed by atoms with Gasteiger partial charge in [-0.3, -0.25) is 0 Å². The van der Waals surface area contributed by atoms with Crippen molar-refractivity contribution in [3.8, 4) is 5.75 Å². The van der Waals surface area contributed by atoms with Gasteiger partial charge < -0.3 is 10.1 Å². The molecule has 1 unspecified atom stereocenters. The number of aryl methyl sites for hydroxylation is 2. The van der Waals surface area contributed by atoms with E-state index >= 15 is 0 Å². The summed E-state index contributed by atoms with van der Waals surface area (Å²) in [6.45, 7) is 8.02. The van der Waals surface area contributed by atoms with Gasteiger partial charge >= 0.3 is 6.18 Å². The molecule has 1 aromatic carbocycles. The molecule has 0 radical (unpaired) electrons. The second-order valence-corrected chi connectivity index (χ2v) is 7.85. The number of alkyl halides is 3. The molecule has 0 aliphatic rings. The molecule has 0 aliphatic carbocycles. The van der Waals surface area contributed by atoms with E-state index in [-0.39, 0.29) is 6.10 Å². The Morgan fingerprint density at radius 1 is 1.12 bits per heavy atom. The van der Waals surface area contributed by atoms with E-state index in [1.54, 1.807) is 11.3 Å². The Morgan fingerprint density at radius 2 is 1.81 bits per heavy atom. The minimum atomic E-state index is -4.33. The maximum absolute atomic E-state index is 12.7. The summed E-state index contributed by atoms with van der Waals surface area (Å²) in [5.41, 5.74) is 0.454. The SMILES string of the molecule is CCCCNCCC(Oc1ccc(C(F)(F)F)cc1)c1cc(C)sc1C. The van der Waals surface area contributed by atoms with Gasteiger partial charge in [0.1, 0.15) is 11.9 Å². The van der Waals surface area contributed by atoms with Gasteiger partial charge in [-0.05, 0) is 63.7 Å². The van der Waals surface area contributed by atoms with Crippen LogP contribution in [0.4, 0.5) is 13.2 Å². The molecule has 1 heterocycles. The van der Waals surface area contributed by atoms with Crippen LogP contribution in [0.25, 0.3) is 0 Å². The van der Waals surface area contributed by atoms with Crippen LogP contribution in [0.5, 0.6) is 5.75 Å². The highest BCUT2D eigenvalue weighted by atomic mass is 32.1. The third-order valence-corrected chi connectivity index (χ3v) is 5.16. The van der Waals surface area contributed by atoms with Gasteiger partial charge in [0.2, 0.25) is 0 Å². The smallest absolute Gasteiger partial charge is 0.416 e. The fourth-order valence-corrected chi connectivity index (χ4v) is 3.77. The van der Waals surface area contributed by atoms with Gasteiger partial charge in [-0.1, -0.05) is 13.3 Å². The molecule has 26 heavy (non-hydrogen) atoms. The molecule has 0 fully saturated rings. The summed E-state index contributed by atoms with van der Waals surface area (Å²) in [6, 6.07) is 7.04. The van der Waals surface area contributed by atoms with Crippen LogP contribution >= 0.6 is 11.3 Å². The molecule has 1 N–H and O–H groups in total. The molecular weight excluding hydrogens is 359 g/mol. The average Bonchev–Trinajstić information content (AvgIpc) is 2.91. The Balaban J connectivity index is 2.09. The molecule has 2 aromatic rings. The quantitative estimate of drug-likeness (QED) is 0.513. The van der Waals surface area contributed by atoms with Crippen molar-refractivity contribution in [2.45, 2.75) is 52.3 Å². The summed E-state index contributed by atoms with van der Waals surface area (Å²) in [7, 11) is 0. The van der Waals surface area contributed by atoms with Gasteiger partial charge in [0.05, 0.1) is 5.56 Å². The molecule has 144 valence electrons. The van der Waals surface area contributed by atoms with E-state index in [4.69, 9.17) is 4.74 Å². The van der Waals surface area contributed by atoms with Crippen molar-refractivity contribution < 1.29 is 17.9 Å². The molecule has 2 nitrogen and oxygen atoms in total. The Morgan fingerprint density at radius 3 is 2.35 bits per heavy atom. The maximum Gasteiger partial charge on any atom is 0.416 e. The maximum atomic E-state index is 12.7. The molecule has 1 atom stereocenters. The first-order chi connectivity index (χ1) is 12.3. The summed E-state index contributed by atoms with van der Waals surface area (Å²) in [6.07, 6.45) is -1.47. The van der Waals surface area contributed by atoms with Gasteiger partial charge in [0, 0.05) is 21.7 Å². The molecule has 2 rings (SSSR count). The number of hydrogen-bond donors (Lipinski definition) is 1. The van der Waals surface area contributed by atoms with E-state index in [0.29, 0.717) is 5.75 Å². The second kappa shape index (κ2) is 9.42. The first-order valence-corrected chi connectivity index (χ1v) is 9.74. The van der Waals surface area contributed by atoms with Crippen molar-refractivity contribution in [2.75, 3.05) is 13.1 Å². The van der Waals surface area contributed by atoms with E-state index in [1.165, 1.54) is 21.9 Å². The van der Waals surface area contributed by atoms with Crippen LogP contribution < -0.4 is 10.1 Å². The molecule has 6 heteroatoms. The highest BCUT2D eigenvalue weighted by Gasteiger charge is 2.30. The van der Waals surface area contributed by atoms with Gasteiger partial charge in [-0.15, -0.1) is 11.3 Å². The standard InChI is InChI=1S/C20H26F3NOS/c1-4-5-11-24-12-10-19(18-13-14(2)26-15(18)3)25-17-8-6-16(7-9-17)20(21,22)23/h6-9,13,19,24H,4-5,10-12H2,1-3H3. The first-order valence-electron chi connectivity index (χ1n) is 8.92. The van der Waals surface area contributed by atoms with E-state index in [2.05, 4.69) is 32.2 Å². The third-order valence-electron chi connectivity index (χ3n) is 4.18. The molecule has 0 aliphatic heterocycles.